The molecule has 2 N–H and O–H groups in total. The monoisotopic (exact) mass is 404 g/mol. The third kappa shape index (κ3) is 3.53. The number of hydrogen-bond donors (Lipinski definition) is 2. The molecule has 0 radical (unpaired) electrons. The van der Waals surface area contributed by atoms with Crippen molar-refractivity contribution in [3.63, 3.8) is 0 Å². The van der Waals surface area contributed by atoms with E-state index in [1.54, 1.807) is 0 Å². The molecule has 2 unspecified atom stereocenters. The van der Waals surface area contributed by atoms with Crippen LogP contribution in [0, 0.1) is 11.8 Å². The molecular formula is C26H32N2O2. The van der Waals surface area contributed by atoms with Crippen molar-refractivity contribution in [2.45, 2.75) is 64.5 Å². The van der Waals surface area contributed by atoms with Crippen LogP contribution in [0.1, 0.15) is 75.6 Å². The van der Waals surface area contributed by atoms with Crippen LogP contribution in [0.5, 0.6) is 0 Å². The summed E-state index contributed by atoms with van der Waals surface area (Å²) in [7, 11) is 0. The minimum absolute atomic E-state index is 0.0458. The van der Waals surface area contributed by atoms with Gasteiger partial charge in [0, 0.05) is 22.9 Å². The Balaban J connectivity index is 1.91. The number of nitrogens with one attached hydrogen (secondary N) is 2. The Kier molecular flexibility index (Phi) is 4.80. The van der Waals surface area contributed by atoms with E-state index in [0.717, 1.165) is 0 Å². The Bertz CT molecular complexity index is 869. The Morgan fingerprint density at radius 3 is 1.10 bits per heavy atom. The topological polar surface area (TPSA) is 58.2 Å². The number of carbonyl (C=O) groups is 2. The predicted octanol–water partition coefficient (Wildman–Crippen LogP) is 4.34. The van der Waals surface area contributed by atoms with Gasteiger partial charge in [-0.2, -0.15) is 0 Å². The van der Waals surface area contributed by atoms with Crippen LogP contribution in [0.4, 0.5) is 0 Å². The Morgan fingerprint density at radius 2 is 0.867 bits per heavy atom. The number of carbonyl (C=O) groups excluding carboxylic acids is 2. The summed E-state index contributed by atoms with van der Waals surface area (Å²) in [5.41, 5.74) is 3.98. The van der Waals surface area contributed by atoms with Crippen molar-refractivity contribution in [1.29, 1.82) is 0 Å². The summed E-state index contributed by atoms with van der Waals surface area (Å²) in [4.78, 5) is 27.2. The predicted molar refractivity (Wildman–Crippen MR) is 119 cm³/mol. The molecule has 0 saturated carbocycles. The SMILES string of the molecule is CC(C)(C)NC(=O)C1C2c3ccccc3C(c3ccccc32)C1C(=O)NC(C)(C)C. The Hall–Kier alpha value is -2.62. The standard InChI is InChI=1S/C26H32N2O2/c1-25(2,3)27-23(29)21-19-15-11-7-9-13-17(15)20(18-14-10-8-12-16(18)19)22(21)24(30)28-26(4,5)6/h7-14,19-22H,1-6H3,(H,27,29)(H,28,30). The first-order chi connectivity index (χ1) is 14.0. The molecule has 0 spiro atoms. The quantitative estimate of drug-likeness (QED) is 0.782. The maximum Gasteiger partial charge on any atom is 0.225 e. The van der Waals surface area contributed by atoms with Crippen molar-refractivity contribution in [1.82, 2.24) is 10.6 Å². The van der Waals surface area contributed by atoms with Gasteiger partial charge in [0.2, 0.25) is 11.8 Å². The lowest BCUT2D eigenvalue weighted by Gasteiger charge is -2.50. The number of hydrogen-bond acceptors (Lipinski definition) is 2. The largest absolute Gasteiger partial charge is 0.351 e. The first-order valence-corrected chi connectivity index (χ1v) is 10.8. The zero-order chi connectivity index (χ0) is 21.8. The number of fused-ring (bicyclic) bond motifs is 1. The van der Waals surface area contributed by atoms with Gasteiger partial charge in [-0.3, -0.25) is 9.59 Å². The van der Waals surface area contributed by atoms with E-state index in [1.807, 2.05) is 65.8 Å². The van der Waals surface area contributed by atoms with E-state index >= 15 is 0 Å². The molecule has 0 fully saturated rings. The summed E-state index contributed by atoms with van der Waals surface area (Å²) in [6, 6.07) is 16.6. The molecule has 0 aromatic heterocycles. The molecule has 0 saturated heterocycles. The molecule has 4 nitrogen and oxygen atoms in total. The summed E-state index contributed by atoms with van der Waals surface area (Å²) in [6.07, 6.45) is 0. The van der Waals surface area contributed by atoms with Gasteiger partial charge in [-0.25, -0.2) is 0 Å². The van der Waals surface area contributed by atoms with E-state index < -0.39 is 11.8 Å². The maximum atomic E-state index is 13.6. The van der Waals surface area contributed by atoms with Gasteiger partial charge in [-0.15, -0.1) is 0 Å². The van der Waals surface area contributed by atoms with Gasteiger partial charge in [0.1, 0.15) is 0 Å². The average Bonchev–Trinajstić information content (AvgIpc) is 2.64. The molecule has 30 heavy (non-hydrogen) atoms. The van der Waals surface area contributed by atoms with Gasteiger partial charge < -0.3 is 10.6 Å². The van der Waals surface area contributed by atoms with Gasteiger partial charge in [0.25, 0.3) is 0 Å². The third-order valence-corrected chi connectivity index (χ3v) is 6.04. The smallest absolute Gasteiger partial charge is 0.225 e. The van der Waals surface area contributed by atoms with E-state index in [1.165, 1.54) is 22.3 Å². The second-order valence-corrected chi connectivity index (χ2v) is 10.7. The van der Waals surface area contributed by atoms with Crippen LogP contribution in [0.15, 0.2) is 48.5 Å². The van der Waals surface area contributed by atoms with Crippen LogP contribution in [0.3, 0.4) is 0 Å². The lowest BCUT2D eigenvalue weighted by molar-refractivity contribution is -0.138. The third-order valence-electron chi connectivity index (χ3n) is 6.04. The van der Waals surface area contributed by atoms with Crippen LogP contribution < -0.4 is 10.6 Å². The van der Waals surface area contributed by atoms with Crippen molar-refractivity contribution < 1.29 is 9.59 Å². The van der Waals surface area contributed by atoms with Crippen LogP contribution in [0.25, 0.3) is 0 Å². The van der Waals surface area contributed by atoms with Crippen LogP contribution >= 0.6 is 0 Å². The average molecular weight is 405 g/mol. The van der Waals surface area contributed by atoms with Gasteiger partial charge in [0.05, 0.1) is 11.8 Å². The zero-order valence-corrected chi connectivity index (χ0v) is 18.7. The number of rotatable bonds is 2. The van der Waals surface area contributed by atoms with Crippen LogP contribution in [0.2, 0.25) is 0 Å². The molecule has 2 aromatic rings. The minimum Gasteiger partial charge on any atom is -0.351 e. The summed E-state index contributed by atoms with van der Waals surface area (Å²) in [5, 5.41) is 6.33. The molecular weight excluding hydrogens is 372 g/mol. The zero-order valence-electron chi connectivity index (χ0n) is 18.7. The van der Waals surface area contributed by atoms with Gasteiger partial charge >= 0.3 is 0 Å². The van der Waals surface area contributed by atoms with E-state index in [4.69, 9.17) is 0 Å². The summed E-state index contributed by atoms with van der Waals surface area (Å²) in [6.45, 7) is 11.9. The molecule has 0 heterocycles. The molecule has 0 aliphatic heterocycles. The molecule has 5 rings (SSSR count). The molecule has 4 heteroatoms. The molecule has 2 atom stereocenters. The van der Waals surface area contributed by atoms with E-state index in [0.29, 0.717) is 0 Å². The second kappa shape index (κ2) is 6.97. The van der Waals surface area contributed by atoms with Gasteiger partial charge in [0.15, 0.2) is 0 Å². The second-order valence-electron chi connectivity index (χ2n) is 10.7. The number of benzene rings is 2. The fourth-order valence-electron chi connectivity index (χ4n) is 5.21. The highest BCUT2D eigenvalue weighted by Gasteiger charge is 2.55. The van der Waals surface area contributed by atoms with Gasteiger partial charge in [-0.1, -0.05) is 48.5 Å². The van der Waals surface area contributed by atoms with E-state index in [2.05, 4.69) is 34.9 Å². The first-order valence-electron chi connectivity index (χ1n) is 10.8. The molecule has 2 aromatic carbocycles. The molecule has 2 amide bonds. The Labute approximate surface area is 179 Å². The van der Waals surface area contributed by atoms with Crippen molar-refractivity contribution >= 4 is 11.8 Å². The lowest BCUT2D eigenvalue weighted by atomic mass is 9.53. The number of amides is 2. The minimum atomic E-state index is -0.443. The summed E-state index contributed by atoms with van der Waals surface area (Å²) in [5.74, 6) is -1.23. The van der Waals surface area contributed by atoms with Crippen LogP contribution in [-0.2, 0) is 9.59 Å². The van der Waals surface area contributed by atoms with Crippen molar-refractivity contribution in [2.75, 3.05) is 0 Å². The van der Waals surface area contributed by atoms with Crippen LogP contribution in [-0.4, -0.2) is 22.9 Å². The fraction of sp³-hybridized carbons (Fsp3) is 0.462. The highest BCUT2D eigenvalue weighted by Crippen LogP contribution is 2.58. The summed E-state index contributed by atoms with van der Waals surface area (Å²) < 4.78 is 0. The molecule has 3 aliphatic carbocycles. The lowest BCUT2D eigenvalue weighted by Crippen LogP contribution is -2.57. The normalized spacial score (nSPS) is 24.6. The fourth-order valence-corrected chi connectivity index (χ4v) is 5.21. The summed E-state index contributed by atoms with van der Waals surface area (Å²) >= 11 is 0. The van der Waals surface area contributed by atoms with Crippen molar-refractivity contribution in [3.8, 4) is 0 Å². The Morgan fingerprint density at radius 1 is 0.600 bits per heavy atom. The maximum absolute atomic E-state index is 13.6. The first kappa shape index (κ1) is 20.6. The van der Waals surface area contributed by atoms with Crippen molar-refractivity contribution in [3.05, 3.63) is 70.8 Å². The highest BCUT2D eigenvalue weighted by atomic mass is 16.2. The molecule has 3 aliphatic rings. The molecule has 2 bridgehead atoms. The highest BCUT2D eigenvalue weighted by molar-refractivity contribution is 5.92. The van der Waals surface area contributed by atoms with Crippen molar-refractivity contribution in [2.24, 2.45) is 11.8 Å². The van der Waals surface area contributed by atoms with E-state index in [-0.39, 0.29) is 34.7 Å². The van der Waals surface area contributed by atoms with Gasteiger partial charge in [-0.05, 0) is 63.8 Å². The van der Waals surface area contributed by atoms with E-state index in [9.17, 15) is 9.59 Å². The molecule has 158 valence electrons.